The molecule has 0 unspecified atom stereocenters. The summed E-state index contributed by atoms with van der Waals surface area (Å²) in [7, 11) is 1.56. The molecule has 1 N–H and O–H groups in total. The lowest BCUT2D eigenvalue weighted by Gasteiger charge is -2.30. The van der Waals surface area contributed by atoms with Crippen LogP contribution in [0.4, 0.5) is 16.2 Å². The minimum atomic E-state index is -0.264. The van der Waals surface area contributed by atoms with Crippen LogP contribution >= 0.6 is 11.6 Å². The first-order valence-electron chi connectivity index (χ1n) is 11.1. The van der Waals surface area contributed by atoms with Crippen LogP contribution in [0.5, 0.6) is 28.7 Å². The molecule has 0 atom stereocenters. The van der Waals surface area contributed by atoms with Gasteiger partial charge in [0, 0.05) is 34.4 Å². The highest BCUT2D eigenvalue weighted by molar-refractivity contribution is 6.30. The van der Waals surface area contributed by atoms with Gasteiger partial charge < -0.3 is 24.3 Å². The Labute approximate surface area is 212 Å². The standard InChI is InChI=1S/C27H22ClN3O5/c1-3-34-26-15-20-21(16-25(26)33-2)29-11-10-23(20)36-19-8-9-22-24(14-19)35-13-12-31(22)27(32)30-18-6-4-17(28)5-7-18/h3-11,14-16H,1,12-13H2,2H3,(H,30,32). The zero-order chi connectivity index (χ0) is 25.1. The van der Waals surface area contributed by atoms with Crippen LogP contribution in [0.25, 0.3) is 10.9 Å². The zero-order valence-electron chi connectivity index (χ0n) is 19.4. The second kappa shape index (κ2) is 10.1. The fraction of sp³-hybridized carbons (Fsp3) is 0.111. The Bertz CT molecular complexity index is 1440. The number of urea groups is 1. The highest BCUT2D eigenvalue weighted by Gasteiger charge is 2.24. The van der Waals surface area contributed by atoms with Gasteiger partial charge in [-0.05, 0) is 48.5 Å². The summed E-state index contributed by atoms with van der Waals surface area (Å²) in [5.41, 5.74) is 1.98. The number of fused-ring (bicyclic) bond motifs is 2. The van der Waals surface area contributed by atoms with Crippen LogP contribution in [0.3, 0.4) is 0 Å². The van der Waals surface area contributed by atoms with Crippen molar-refractivity contribution in [3.05, 3.63) is 84.7 Å². The molecule has 3 aromatic carbocycles. The number of rotatable bonds is 6. The number of benzene rings is 3. The maximum Gasteiger partial charge on any atom is 0.326 e. The topological polar surface area (TPSA) is 82.2 Å². The third-order valence-electron chi connectivity index (χ3n) is 5.56. The van der Waals surface area contributed by atoms with E-state index in [0.29, 0.717) is 63.8 Å². The van der Waals surface area contributed by atoms with Gasteiger partial charge in [0.1, 0.15) is 23.9 Å². The van der Waals surface area contributed by atoms with Crippen LogP contribution in [0.1, 0.15) is 0 Å². The van der Waals surface area contributed by atoms with Crippen LogP contribution in [0, 0.1) is 0 Å². The summed E-state index contributed by atoms with van der Waals surface area (Å²) in [5.74, 6) is 2.69. The van der Waals surface area contributed by atoms with Gasteiger partial charge >= 0.3 is 6.03 Å². The summed E-state index contributed by atoms with van der Waals surface area (Å²) < 4.78 is 22.9. The first-order valence-corrected chi connectivity index (χ1v) is 11.5. The molecule has 0 saturated carbocycles. The highest BCUT2D eigenvalue weighted by Crippen LogP contribution is 2.40. The molecule has 182 valence electrons. The Morgan fingerprint density at radius 2 is 1.94 bits per heavy atom. The molecular formula is C27H22ClN3O5. The second-order valence-electron chi connectivity index (χ2n) is 7.78. The first kappa shape index (κ1) is 23.3. The minimum absolute atomic E-state index is 0.264. The predicted molar refractivity (Wildman–Crippen MR) is 139 cm³/mol. The minimum Gasteiger partial charge on any atom is -0.493 e. The Morgan fingerprint density at radius 3 is 2.72 bits per heavy atom. The van der Waals surface area contributed by atoms with Crippen molar-refractivity contribution in [2.75, 3.05) is 30.5 Å². The van der Waals surface area contributed by atoms with Crippen LogP contribution in [-0.4, -0.2) is 31.3 Å². The molecule has 0 radical (unpaired) electrons. The predicted octanol–water partition coefficient (Wildman–Crippen LogP) is 6.64. The van der Waals surface area contributed by atoms with Crippen LogP contribution in [-0.2, 0) is 0 Å². The van der Waals surface area contributed by atoms with Gasteiger partial charge in [-0.15, -0.1) is 0 Å². The Balaban J connectivity index is 1.41. The molecule has 9 heteroatoms. The molecule has 0 fully saturated rings. The van der Waals surface area contributed by atoms with Crippen LogP contribution in [0.15, 0.2) is 79.7 Å². The van der Waals surface area contributed by atoms with E-state index in [1.807, 2.05) is 0 Å². The zero-order valence-corrected chi connectivity index (χ0v) is 20.1. The fourth-order valence-electron chi connectivity index (χ4n) is 3.88. The summed E-state index contributed by atoms with van der Waals surface area (Å²) in [4.78, 5) is 19.0. The molecule has 0 aliphatic carbocycles. The molecule has 0 spiro atoms. The number of methoxy groups -OCH3 is 1. The van der Waals surface area contributed by atoms with Gasteiger partial charge in [-0.1, -0.05) is 18.2 Å². The van der Waals surface area contributed by atoms with E-state index in [0.717, 1.165) is 5.39 Å². The number of amides is 2. The molecular weight excluding hydrogens is 482 g/mol. The van der Waals surface area contributed by atoms with Gasteiger partial charge in [0.25, 0.3) is 0 Å². The van der Waals surface area contributed by atoms with Crippen molar-refractivity contribution in [2.24, 2.45) is 0 Å². The van der Waals surface area contributed by atoms with E-state index in [-0.39, 0.29) is 6.03 Å². The molecule has 4 aromatic rings. The molecule has 1 aliphatic heterocycles. The van der Waals surface area contributed by atoms with E-state index in [1.54, 1.807) is 78.9 Å². The molecule has 0 bridgehead atoms. The van der Waals surface area contributed by atoms with E-state index < -0.39 is 0 Å². The second-order valence-corrected chi connectivity index (χ2v) is 8.22. The Hall–Kier alpha value is -4.43. The smallest absolute Gasteiger partial charge is 0.326 e. The summed E-state index contributed by atoms with van der Waals surface area (Å²) >= 11 is 5.93. The molecule has 2 amide bonds. The van der Waals surface area contributed by atoms with Crippen molar-refractivity contribution in [1.29, 1.82) is 0 Å². The average molecular weight is 504 g/mol. The SMILES string of the molecule is C=COc1cc2c(Oc3ccc4c(c3)OCCN4C(=O)Nc3ccc(Cl)cc3)ccnc2cc1OC. The first-order chi connectivity index (χ1) is 17.6. The van der Waals surface area contributed by atoms with E-state index in [1.165, 1.54) is 6.26 Å². The average Bonchev–Trinajstić information content (AvgIpc) is 2.89. The molecule has 1 aliphatic rings. The Kier molecular flexibility index (Phi) is 6.51. The summed E-state index contributed by atoms with van der Waals surface area (Å²) in [5, 5.41) is 4.22. The quantitative estimate of drug-likeness (QED) is 0.297. The van der Waals surface area contributed by atoms with Crippen molar-refractivity contribution in [3.63, 3.8) is 0 Å². The van der Waals surface area contributed by atoms with Crippen molar-refractivity contribution in [2.45, 2.75) is 0 Å². The van der Waals surface area contributed by atoms with E-state index in [9.17, 15) is 4.79 Å². The molecule has 2 heterocycles. The van der Waals surface area contributed by atoms with Gasteiger partial charge in [-0.25, -0.2) is 4.79 Å². The highest BCUT2D eigenvalue weighted by atomic mass is 35.5. The van der Waals surface area contributed by atoms with Gasteiger partial charge in [0.2, 0.25) is 0 Å². The maximum atomic E-state index is 12.9. The lowest BCUT2D eigenvalue weighted by atomic mass is 10.1. The van der Waals surface area contributed by atoms with Crippen molar-refractivity contribution in [3.8, 4) is 28.7 Å². The number of pyridine rings is 1. The van der Waals surface area contributed by atoms with Crippen molar-refractivity contribution in [1.82, 2.24) is 4.98 Å². The monoisotopic (exact) mass is 503 g/mol. The lowest BCUT2D eigenvalue weighted by molar-refractivity contribution is 0.250. The number of carbonyl (C=O) groups is 1. The number of carbonyl (C=O) groups excluding carboxylic acids is 1. The van der Waals surface area contributed by atoms with Crippen LogP contribution < -0.4 is 29.2 Å². The maximum absolute atomic E-state index is 12.9. The molecule has 8 nitrogen and oxygen atoms in total. The van der Waals surface area contributed by atoms with Gasteiger partial charge in [0.15, 0.2) is 11.5 Å². The summed E-state index contributed by atoms with van der Waals surface area (Å²) in [6.45, 7) is 4.38. The lowest BCUT2D eigenvalue weighted by Crippen LogP contribution is -2.40. The molecule has 5 rings (SSSR count). The normalized spacial score (nSPS) is 12.3. The number of nitrogens with zero attached hydrogens (tertiary/aromatic N) is 2. The molecule has 36 heavy (non-hydrogen) atoms. The molecule has 0 saturated heterocycles. The largest absolute Gasteiger partial charge is 0.493 e. The van der Waals surface area contributed by atoms with Crippen molar-refractivity contribution < 1.29 is 23.7 Å². The van der Waals surface area contributed by atoms with E-state index in [2.05, 4.69) is 16.9 Å². The summed E-state index contributed by atoms with van der Waals surface area (Å²) in [6.07, 6.45) is 2.99. The number of aromatic nitrogens is 1. The Morgan fingerprint density at radius 1 is 1.11 bits per heavy atom. The fourth-order valence-corrected chi connectivity index (χ4v) is 4.01. The van der Waals surface area contributed by atoms with E-state index in [4.69, 9.17) is 30.5 Å². The summed E-state index contributed by atoms with van der Waals surface area (Å²) in [6, 6.07) is 17.3. The number of halogens is 1. The number of nitrogens with one attached hydrogen (secondary N) is 1. The number of hydrogen-bond donors (Lipinski definition) is 1. The van der Waals surface area contributed by atoms with Gasteiger partial charge in [-0.3, -0.25) is 9.88 Å². The molecule has 1 aromatic heterocycles. The van der Waals surface area contributed by atoms with Crippen LogP contribution in [0.2, 0.25) is 5.02 Å². The van der Waals surface area contributed by atoms with Gasteiger partial charge in [0.05, 0.1) is 31.1 Å². The number of hydrogen-bond acceptors (Lipinski definition) is 6. The van der Waals surface area contributed by atoms with E-state index >= 15 is 0 Å². The third-order valence-corrected chi connectivity index (χ3v) is 5.81. The van der Waals surface area contributed by atoms with Crippen molar-refractivity contribution >= 4 is 39.9 Å². The van der Waals surface area contributed by atoms with Gasteiger partial charge in [-0.2, -0.15) is 0 Å². The number of ether oxygens (including phenoxy) is 4. The third kappa shape index (κ3) is 4.71. The number of anilines is 2.